The molecule has 0 amide bonds. The lowest BCUT2D eigenvalue weighted by Gasteiger charge is -1.96. The summed E-state index contributed by atoms with van der Waals surface area (Å²) in [7, 11) is 0. The highest BCUT2D eigenvalue weighted by Crippen LogP contribution is 2.15. The number of azo groups is 1. The van der Waals surface area contributed by atoms with Crippen LogP contribution < -0.4 is 0 Å². The Morgan fingerprint density at radius 3 is 2.50 bits per heavy atom. The number of rotatable bonds is 2. The van der Waals surface area contributed by atoms with Crippen molar-refractivity contribution in [3.05, 3.63) is 59.8 Å². The van der Waals surface area contributed by atoms with Gasteiger partial charge < -0.3 is 5.53 Å². The number of hydrogen-bond acceptors (Lipinski definition) is 2. The summed E-state index contributed by atoms with van der Waals surface area (Å²) in [4.78, 5) is 3.11. The predicted molar refractivity (Wildman–Crippen MR) is 61.4 cm³/mol. The molecular formula is C12H10N4. The van der Waals surface area contributed by atoms with Gasteiger partial charge in [-0.05, 0) is 24.3 Å². The molecule has 0 aliphatic heterocycles. The monoisotopic (exact) mass is 210 g/mol. The van der Waals surface area contributed by atoms with E-state index >= 15 is 0 Å². The molecule has 1 aliphatic rings. The Morgan fingerprint density at radius 1 is 1.06 bits per heavy atom. The summed E-state index contributed by atoms with van der Waals surface area (Å²) in [6.45, 7) is 0. The smallest absolute Gasteiger partial charge is 0.295 e. The molecule has 0 spiro atoms. The lowest BCUT2D eigenvalue weighted by Crippen LogP contribution is -1.97. The van der Waals surface area contributed by atoms with E-state index < -0.39 is 0 Å². The van der Waals surface area contributed by atoms with Crippen LogP contribution in [0.5, 0.6) is 0 Å². The number of allylic oxidation sites excluding steroid dienone is 3. The van der Waals surface area contributed by atoms with Crippen molar-refractivity contribution in [3.8, 4) is 0 Å². The van der Waals surface area contributed by atoms with Crippen molar-refractivity contribution in [1.29, 1.82) is 0 Å². The van der Waals surface area contributed by atoms with E-state index in [0.29, 0.717) is 12.1 Å². The van der Waals surface area contributed by atoms with Crippen molar-refractivity contribution < 1.29 is 4.79 Å². The largest absolute Gasteiger partial charge is 0.361 e. The molecule has 0 radical (unpaired) electrons. The van der Waals surface area contributed by atoms with Gasteiger partial charge in [-0.15, -0.1) is 0 Å². The summed E-state index contributed by atoms with van der Waals surface area (Å²) in [5.74, 6) is 0. The maximum Gasteiger partial charge on any atom is 0.295 e. The molecule has 0 fully saturated rings. The first-order valence-corrected chi connectivity index (χ1v) is 4.94. The fraction of sp³-hybridized carbons (Fsp3) is 0.0833. The molecule has 4 nitrogen and oxygen atoms in total. The molecule has 0 unspecified atom stereocenters. The van der Waals surface area contributed by atoms with Crippen LogP contribution in [0, 0.1) is 0 Å². The third kappa shape index (κ3) is 2.59. The molecule has 2 rings (SSSR count). The Hall–Kier alpha value is -2.32. The van der Waals surface area contributed by atoms with Crippen LogP contribution in [0.25, 0.3) is 5.53 Å². The fourth-order valence-electron chi connectivity index (χ4n) is 1.29. The van der Waals surface area contributed by atoms with Crippen LogP contribution in [-0.4, -0.2) is 10.5 Å². The van der Waals surface area contributed by atoms with E-state index in [1.54, 1.807) is 12.2 Å². The molecule has 0 N–H and O–H groups in total. The van der Waals surface area contributed by atoms with E-state index in [2.05, 4.69) is 15.0 Å². The summed E-state index contributed by atoms with van der Waals surface area (Å²) in [5, 5.41) is 8.17. The highest BCUT2D eigenvalue weighted by atomic mass is 15.1. The van der Waals surface area contributed by atoms with Crippen molar-refractivity contribution >= 4 is 11.4 Å². The third-order valence-electron chi connectivity index (χ3n) is 2.13. The molecule has 0 heterocycles. The molecule has 0 atom stereocenters. The maximum atomic E-state index is 8.54. The lowest BCUT2D eigenvalue weighted by atomic mass is 10.1. The molecule has 78 valence electrons. The van der Waals surface area contributed by atoms with Gasteiger partial charge in [-0.3, -0.25) is 0 Å². The van der Waals surface area contributed by atoms with Crippen LogP contribution in [0.2, 0.25) is 0 Å². The quantitative estimate of drug-likeness (QED) is 0.531. The fourth-order valence-corrected chi connectivity index (χ4v) is 1.29. The van der Waals surface area contributed by atoms with Gasteiger partial charge in [-0.1, -0.05) is 18.2 Å². The zero-order chi connectivity index (χ0) is 11.2. The van der Waals surface area contributed by atoms with Gasteiger partial charge in [0, 0.05) is 6.08 Å². The zero-order valence-electron chi connectivity index (χ0n) is 8.61. The van der Waals surface area contributed by atoms with E-state index in [4.69, 9.17) is 5.53 Å². The Labute approximate surface area is 93.3 Å². The molecule has 1 aromatic rings. The minimum Gasteiger partial charge on any atom is -0.361 e. The first kappa shape index (κ1) is 10.2. The zero-order valence-corrected chi connectivity index (χ0v) is 8.61. The van der Waals surface area contributed by atoms with Gasteiger partial charge in [-0.25, -0.2) is 0 Å². The van der Waals surface area contributed by atoms with E-state index in [1.807, 2.05) is 36.4 Å². The van der Waals surface area contributed by atoms with Gasteiger partial charge in [0.25, 0.3) is 5.71 Å². The van der Waals surface area contributed by atoms with Crippen molar-refractivity contribution in [2.75, 3.05) is 0 Å². The summed E-state index contributed by atoms with van der Waals surface area (Å²) >= 11 is 0. The van der Waals surface area contributed by atoms with Crippen LogP contribution in [0.15, 0.2) is 64.5 Å². The Bertz CT molecular complexity index is 505. The normalized spacial score (nSPS) is 15.0. The van der Waals surface area contributed by atoms with Gasteiger partial charge in [0.15, 0.2) is 0 Å². The number of nitrogens with zero attached hydrogens (tertiary/aromatic N) is 4. The summed E-state index contributed by atoms with van der Waals surface area (Å²) in [6, 6.07) is 9.53. The molecule has 0 saturated carbocycles. The van der Waals surface area contributed by atoms with Crippen molar-refractivity contribution in [2.45, 2.75) is 6.42 Å². The van der Waals surface area contributed by atoms with Gasteiger partial charge in [0.1, 0.15) is 0 Å². The second kappa shape index (κ2) is 4.96. The highest BCUT2D eigenvalue weighted by Gasteiger charge is 2.06. The number of benzene rings is 1. The number of hydrogen-bond donors (Lipinski definition) is 0. The van der Waals surface area contributed by atoms with Gasteiger partial charge in [0.2, 0.25) is 0 Å². The van der Waals surface area contributed by atoms with Gasteiger partial charge >= 0.3 is 0 Å². The topological polar surface area (TPSA) is 61.1 Å². The maximum absolute atomic E-state index is 8.54. The molecule has 0 saturated heterocycles. The minimum atomic E-state index is 0.580. The molecule has 1 aliphatic carbocycles. The van der Waals surface area contributed by atoms with Crippen LogP contribution in [-0.2, 0) is 0 Å². The molecule has 16 heavy (non-hydrogen) atoms. The molecule has 4 heteroatoms. The second-order valence-corrected chi connectivity index (χ2v) is 3.29. The van der Waals surface area contributed by atoms with Crippen molar-refractivity contribution in [1.82, 2.24) is 0 Å². The van der Waals surface area contributed by atoms with Gasteiger partial charge in [0.05, 0.1) is 17.8 Å². The van der Waals surface area contributed by atoms with E-state index in [1.165, 1.54) is 0 Å². The first-order chi connectivity index (χ1) is 7.88. The second-order valence-electron chi connectivity index (χ2n) is 3.29. The summed E-state index contributed by atoms with van der Waals surface area (Å²) in [6.07, 6.45) is 5.93. The molecular weight excluding hydrogens is 200 g/mol. The molecule has 1 aromatic carbocycles. The first-order valence-electron chi connectivity index (χ1n) is 4.94. The van der Waals surface area contributed by atoms with E-state index in [0.717, 1.165) is 11.4 Å². The van der Waals surface area contributed by atoms with Crippen LogP contribution >= 0.6 is 0 Å². The highest BCUT2D eigenvalue weighted by molar-refractivity contribution is 5.93. The molecule has 0 aromatic heterocycles. The standard InChI is InChI=1S/C12H10N4/c13-14-10-6-8-12(9-7-10)16-15-11-4-2-1-3-5-11/h1-6,8-9H,7H2. The SMILES string of the molecule is [N-]=[N+]=C1C=CC(N=Nc2ccccc2)=CC1. The minimum absolute atomic E-state index is 0.580. The van der Waals surface area contributed by atoms with Crippen molar-refractivity contribution in [3.63, 3.8) is 0 Å². The Balaban J connectivity index is 2.08. The average Bonchev–Trinajstić information content (AvgIpc) is 2.38. The van der Waals surface area contributed by atoms with Crippen LogP contribution in [0.3, 0.4) is 0 Å². The molecule has 0 bridgehead atoms. The third-order valence-corrected chi connectivity index (χ3v) is 2.13. The summed E-state index contributed by atoms with van der Waals surface area (Å²) < 4.78 is 0. The van der Waals surface area contributed by atoms with Crippen LogP contribution in [0.4, 0.5) is 5.69 Å². The summed E-state index contributed by atoms with van der Waals surface area (Å²) in [5.41, 5.74) is 10.8. The average molecular weight is 210 g/mol. The Morgan fingerprint density at radius 2 is 1.88 bits per heavy atom. The van der Waals surface area contributed by atoms with E-state index in [9.17, 15) is 0 Å². The van der Waals surface area contributed by atoms with Crippen molar-refractivity contribution in [2.24, 2.45) is 10.2 Å². The predicted octanol–water partition coefficient (Wildman–Crippen LogP) is 3.28. The Kier molecular flexibility index (Phi) is 3.16. The van der Waals surface area contributed by atoms with E-state index in [-0.39, 0.29) is 0 Å². The van der Waals surface area contributed by atoms with Crippen LogP contribution in [0.1, 0.15) is 6.42 Å². The lowest BCUT2D eigenvalue weighted by molar-refractivity contribution is -0.00541. The van der Waals surface area contributed by atoms with Gasteiger partial charge in [-0.2, -0.15) is 15.0 Å².